The topological polar surface area (TPSA) is 58.1 Å². The van der Waals surface area contributed by atoms with Gasteiger partial charge in [-0.05, 0) is 24.6 Å². The number of anilines is 1. The molecule has 20 heavy (non-hydrogen) atoms. The zero-order valence-electron chi connectivity index (χ0n) is 11.3. The summed E-state index contributed by atoms with van der Waals surface area (Å²) < 4.78 is 0. The van der Waals surface area contributed by atoms with E-state index in [1.807, 2.05) is 12.1 Å². The van der Waals surface area contributed by atoms with Crippen LogP contribution in [0.1, 0.15) is 11.3 Å². The Labute approximate surface area is 122 Å². The highest BCUT2D eigenvalue weighted by Gasteiger charge is 2.12. The summed E-state index contributed by atoms with van der Waals surface area (Å²) in [7, 11) is 1.71. The molecule has 0 atom stereocenters. The molecule has 0 bridgehead atoms. The van der Waals surface area contributed by atoms with E-state index in [0.29, 0.717) is 22.9 Å². The van der Waals surface area contributed by atoms with Gasteiger partial charge in [0.1, 0.15) is 0 Å². The Kier molecular flexibility index (Phi) is 4.53. The lowest BCUT2D eigenvalue weighted by Gasteiger charge is -2.18. The number of aryl methyl sites for hydroxylation is 1. The molecule has 0 radical (unpaired) electrons. The van der Waals surface area contributed by atoms with Crippen molar-refractivity contribution in [2.75, 3.05) is 12.4 Å². The number of hydrogen-bond acceptors (Lipinski definition) is 3. The highest BCUT2D eigenvalue weighted by molar-refractivity contribution is 6.34. The number of pyridine rings is 2. The van der Waals surface area contributed by atoms with E-state index in [0.717, 1.165) is 5.56 Å². The molecule has 0 aliphatic rings. The Morgan fingerprint density at radius 3 is 2.90 bits per heavy atom. The first-order chi connectivity index (χ1) is 9.58. The van der Waals surface area contributed by atoms with Gasteiger partial charge in [0.25, 0.3) is 0 Å². The minimum Gasteiger partial charge on any atom is -0.323 e. The van der Waals surface area contributed by atoms with E-state index in [-0.39, 0.29) is 6.03 Å². The SMILES string of the molecule is Cc1nccc(NC(=O)N(C)Cc2cccnc2)c1Cl. The molecule has 0 aliphatic heterocycles. The third-order valence-electron chi connectivity index (χ3n) is 2.79. The average Bonchev–Trinajstić information content (AvgIpc) is 2.45. The van der Waals surface area contributed by atoms with E-state index in [1.165, 1.54) is 0 Å². The minimum absolute atomic E-state index is 0.235. The van der Waals surface area contributed by atoms with Crippen LogP contribution in [0.15, 0.2) is 36.8 Å². The number of urea groups is 1. The van der Waals surface area contributed by atoms with E-state index in [2.05, 4.69) is 15.3 Å². The van der Waals surface area contributed by atoms with Gasteiger partial charge in [-0.1, -0.05) is 17.7 Å². The van der Waals surface area contributed by atoms with Crippen LogP contribution in [0.2, 0.25) is 5.02 Å². The van der Waals surface area contributed by atoms with Crippen molar-refractivity contribution in [3.05, 3.63) is 53.1 Å². The Morgan fingerprint density at radius 1 is 1.40 bits per heavy atom. The van der Waals surface area contributed by atoms with Crippen LogP contribution in [0.4, 0.5) is 10.5 Å². The molecule has 2 aromatic rings. The van der Waals surface area contributed by atoms with Gasteiger partial charge >= 0.3 is 6.03 Å². The second-order valence-electron chi connectivity index (χ2n) is 4.41. The molecule has 2 rings (SSSR count). The number of nitrogens with zero attached hydrogens (tertiary/aromatic N) is 3. The van der Waals surface area contributed by atoms with Crippen LogP contribution in [-0.4, -0.2) is 27.9 Å². The quantitative estimate of drug-likeness (QED) is 0.945. The highest BCUT2D eigenvalue weighted by Crippen LogP contribution is 2.23. The second kappa shape index (κ2) is 6.34. The maximum atomic E-state index is 12.1. The number of carbonyl (C=O) groups is 1. The summed E-state index contributed by atoms with van der Waals surface area (Å²) in [4.78, 5) is 21.7. The van der Waals surface area contributed by atoms with Crippen LogP contribution >= 0.6 is 11.6 Å². The lowest BCUT2D eigenvalue weighted by atomic mass is 10.3. The molecule has 2 aromatic heterocycles. The number of nitrogens with one attached hydrogen (secondary N) is 1. The molecule has 0 spiro atoms. The van der Waals surface area contributed by atoms with Crippen LogP contribution in [-0.2, 0) is 6.54 Å². The van der Waals surface area contributed by atoms with Crippen LogP contribution in [0.3, 0.4) is 0 Å². The fourth-order valence-electron chi connectivity index (χ4n) is 1.69. The zero-order valence-corrected chi connectivity index (χ0v) is 12.1. The summed E-state index contributed by atoms with van der Waals surface area (Å²) in [6.07, 6.45) is 5.04. The fraction of sp³-hybridized carbons (Fsp3) is 0.214. The molecule has 0 fully saturated rings. The first-order valence-corrected chi connectivity index (χ1v) is 6.48. The maximum absolute atomic E-state index is 12.1. The van der Waals surface area contributed by atoms with Gasteiger partial charge in [0.05, 0.1) is 16.4 Å². The number of halogens is 1. The molecule has 1 N–H and O–H groups in total. The number of amides is 2. The molecule has 0 aromatic carbocycles. The molecular formula is C14H15ClN4O. The van der Waals surface area contributed by atoms with Gasteiger partial charge in [-0.3, -0.25) is 9.97 Å². The molecular weight excluding hydrogens is 276 g/mol. The average molecular weight is 291 g/mol. The second-order valence-corrected chi connectivity index (χ2v) is 4.78. The van der Waals surface area contributed by atoms with E-state index in [9.17, 15) is 4.79 Å². The van der Waals surface area contributed by atoms with Crippen molar-refractivity contribution in [2.45, 2.75) is 13.5 Å². The van der Waals surface area contributed by atoms with E-state index in [4.69, 9.17) is 11.6 Å². The van der Waals surface area contributed by atoms with E-state index >= 15 is 0 Å². The minimum atomic E-state index is -0.235. The first kappa shape index (κ1) is 14.3. The van der Waals surface area contributed by atoms with Gasteiger partial charge in [0, 0.05) is 32.2 Å². The lowest BCUT2D eigenvalue weighted by molar-refractivity contribution is 0.220. The Hall–Kier alpha value is -2.14. The standard InChI is InChI=1S/C14H15ClN4O/c1-10-13(15)12(5-7-17-10)18-14(20)19(2)9-11-4-3-6-16-8-11/h3-8H,9H2,1-2H3,(H,17,18,20). The molecule has 0 saturated carbocycles. The molecule has 6 heteroatoms. The number of carbonyl (C=O) groups excluding carboxylic acids is 1. The summed E-state index contributed by atoms with van der Waals surface area (Å²) in [6.45, 7) is 2.26. The summed E-state index contributed by atoms with van der Waals surface area (Å²) in [5.41, 5.74) is 2.20. The lowest BCUT2D eigenvalue weighted by Crippen LogP contribution is -2.31. The van der Waals surface area contributed by atoms with E-state index < -0.39 is 0 Å². The summed E-state index contributed by atoms with van der Waals surface area (Å²) in [6, 6.07) is 5.19. The number of rotatable bonds is 3. The van der Waals surface area contributed by atoms with Gasteiger partial charge in [-0.15, -0.1) is 0 Å². The van der Waals surface area contributed by atoms with Crippen LogP contribution in [0, 0.1) is 6.92 Å². The van der Waals surface area contributed by atoms with Gasteiger partial charge in [-0.25, -0.2) is 4.79 Å². The zero-order chi connectivity index (χ0) is 14.5. The molecule has 0 aliphatic carbocycles. The van der Waals surface area contributed by atoms with Gasteiger partial charge < -0.3 is 10.2 Å². The Morgan fingerprint density at radius 2 is 2.20 bits per heavy atom. The molecule has 5 nitrogen and oxygen atoms in total. The van der Waals surface area contributed by atoms with Crippen molar-refractivity contribution in [3.63, 3.8) is 0 Å². The van der Waals surface area contributed by atoms with Crippen molar-refractivity contribution in [1.82, 2.24) is 14.9 Å². The van der Waals surface area contributed by atoms with Gasteiger partial charge in [0.15, 0.2) is 0 Å². The fourth-order valence-corrected chi connectivity index (χ4v) is 1.85. The molecule has 104 valence electrons. The molecule has 0 saturated heterocycles. The highest BCUT2D eigenvalue weighted by atomic mass is 35.5. The van der Waals surface area contributed by atoms with Crippen molar-refractivity contribution in [1.29, 1.82) is 0 Å². The molecule has 0 unspecified atom stereocenters. The summed E-state index contributed by atoms with van der Waals surface area (Å²) in [5, 5.41) is 3.22. The predicted octanol–water partition coefficient (Wildman–Crippen LogP) is 3.10. The van der Waals surface area contributed by atoms with Crippen LogP contribution in [0.5, 0.6) is 0 Å². The maximum Gasteiger partial charge on any atom is 0.321 e. The summed E-state index contributed by atoms with van der Waals surface area (Å²) in [5.74, 6) is 0. The smallest absolute Gasteiger partial charge is 0.321 e. The predicted molar refractivity (Wildman–Crippen MR) is 78.7 cm³/mol. The third-order valence-corrected chi connectivity index (χ3v) is 3.27. The number of hydrogen-bond donors (Lipinski definition) is 1. The van der Waals surface area contributed by atoms with Gasteiger partial charge in [0.2, 0.25) is 0 Å². The Balaban J connectivity index is 2.03. The van der Waals surface area contributed by atoms with Gasteiger partial charge in [-0.2, -0.15) is 0 Å². The van der Waals surface area contributed by atoms with E-state index in [1.54, 1.807) is 43.5 Å². The number of aromatic nitrogens is 2. The molecule has 2 amide bonds. The summed E-state index contributed by atoms with van der Waals surface area (Å²) >= 11 is 6.10. The van der Waals surface area contributed by atoms with Crippen LogP contribution in [0.25, 0.3) is 0 Å². The first-order valence-electron chi connectivity index (χ1n) is 6.10. The van der Waals surface area contributed by atoms with Crippen molar-refractivity contribution < 1.29 is 4.79 Å². The largest absolute Gasteiger partial charge is 0.323 e. The normalized spacial score (nSPS) is 10.2. The van der Waals surface area contributed by atoms with Crippen molar-refractivity contribution >= 4 is 23.3 Å². The van der Waals surface area contributed by atoms with Crippen LogP contribution < -0.4 is 5.32 Å². The monoisotopic (exact) mass is 290 g/mol. The Bertz CT molecular complexity index is 603. The van der Waals surface area contributed by atoms with Crippen molar-refractivity contribution in [3.8, 4) is 0 Å². The molecule has 2 heterocycles. The third kappa shape index (κ3) is 3.45. The van der Waals surface area contributed by atoms with Crippen molar-refractivity contribution in [2.24, 2.45) is 0 Å².